The minimum Gasteiger partial charge on any atom is -0.315 e. The predicted molar refractivity (Wildman–Crippen MR) is 110 cm³/mol. The van der Waals surface area contributed by atoms with Gasteiger partial charge in [-0.15, -0.1) is 0 Å². The summed E-state index contributed by atoms with van der Waals surface area (Å²) in [6.45, 7) is 3.13. The smallest absolute Gasteiger partial charge is 0.240 e. The number of benzene rings is 2. The van der Waals surface area contributed by atoms with Crippen LogP contribution in [0.15, 0.2) is 65.8 Å². The van der Waals surface area contributed by atoms with Crippen LogP contribution in [0.25, 0.3) is 10.8 Å². The van der Waals surface area contributed by atoms with Crippen molar-refractivity contribution < 1.29 is 8.42 Å². The van der Waals surface area contributed by atoms with E-state index in [-0.39, 0.29) is 10.9 Å². The summed E-state index contributed by atoms with van der Waals surface area (Å²) < 4.78 is 27.9. The molecule has 0 aliphatic carbocycles. The van der Waals surface area contributed by atoms with Gasteiger partial charge in [-0.1, -0.05) is 29.8 Å². The zero-order valence-corrected chi connectivity index (χ0v) is 16.6. The largest absolute Gasteiger partial charge is 0.315 e. The van der Waals surface area contributed by atoms with Crippen molar-refractivity contribution in [2.45, 2.75) is 24.3 Å². The van der Waals surface area contributed by atoms with Crippen molar-refractivity contribution in [3.05, 3.63) is 71.5 Å². The summed E-state index contributed by atoms with van der Waals surface area (Å²) in [5.41, 5.74) is 1.15. The van der Waals surface area contributed by atoms with Crippen LogP contribution < -0.4 is 10.0 Å². The summed E-state index contributed by atoms with van der Waals surface area (Å²) in [5.74, 6) is 0. The normalized spacial score (nSPS) is 13.0. The lowest BCUT2D eigenvalue weighted by Crippen LogP contribution is -2.40. The fraction of sp³-hybridized carbons (Fsp3) is 0.250. The van der Waals surface area contributed by atoms with Crippen LogP contribution in [0.1, 0.15) is 12.5 Å². The number of sulfonamides is 1. The zero-order chi connectivity index (χ0) is 19.3. The van der Waals surface area contributed by atoms with Gasteiger partial charge in [-0.2, -0.15) is 0 Å². The predicted octanol–water partition coefficient (Wildman–Crippen LogP) is 3.39. The van der Waals surface area contributed by atoms with Crippen molar-refractivity contribution in [1.29, 1.82) is 0 Å². The molecule has 1 atom stereocenters. The van der Waals surface area contributed by atoms with Crippen LogP contribution in [0.3, 0.4) is 0 Å². The number of nitrogens with one attached hydrogen (secondary N) is 2. The minimum atomic E-state index is -3.57. The van der Waals surface area contributed by atoms with Gasteiger partial charge < -0.3 is 5.32 Å². The fourth-order valence-electron chi connectivity index (χ4n) is 2.85. The molecule has 0 saturated carbocycles. The molecule has 1 heterocycles. The first-order valence-electron chi connectivity index (χ1n) is 8.75. The standard InChI is InChI=1S/C20H22ClN3O2S/c1-15(13-22-9-7-16-3-2-4-19(21)11-16)24-27(25,26)20-6-5-18-14-23-10-8-17(18)12-20/h2-6,8,10-12,14-15,22,24H,7,9,13H2,1H3/t15-/m1/s1. The lowest BCUT2D eigenvalue weighted by atomic mass is 10.1. The van der Waals surface area contributed by atoms with Crippen LogP contribution in [0, 0.1) is 0 Å². The zero-order valence-electron chi connectivity index (χ0n) is 15.0. The number of nitrogens with zero attached hydrogens (tertiary/aromatic N) is 1. The fourth-order valence-corrected chi connectivity index (χ4v) is 4.34. The number of rotatable bonds is 8. The van der Waals surface area contributed by atoms with Gasteiger partial charge in [-0.25, -0.2) is 13.1 Å². The van der Waals surface area contributed by atoms with E-state index in [0.29, 0.717) is 6.54 Å². The number of pyridine rings is 1. The summed E-state index contributed by atoms with van der Waals surface area (Å²) in [4.78, 5) is 4.30. The Morgan fingerprint density at radius 2 is 1.96 bits per heavy atom. The molecule has 0 aliphatic heterocycles. The van der Waals surface area contributed by atoms with E-state index < -0.39 is 10.0 Å². The molecule has 5 nitrogen and oxygen atoms in total. The van der Waals surface area contributed by atoms with Gasteiger partial charge in [-0.3, -0.25) is 4.98 Å². The van der Waals surface area contributed by atoms with E-state index in [1.54, 1.807) is 36.7 Å². The average molecular weight is 404 g/mol. The Bertz CT molecular complexity index is 1020. The molecule has 2 aromatic carbocycles. The van der Waals surface area contributed by atoms with Crippen molar-refractivity contribution in [2.24, 2.45) is 0 Å². The quantitative estimate of drug-likeness (QED) is 0.565. The molecule has 0 unspecified atom stereocenters. The van der Waals surface area contributed by atoms with Gasteiger partial charge in [0.2, 0.25) is 10.0 Å². The summed E-state index contributed by atoms with van der Waals surface area (Å²) >= 11 is 5.97. The number of aromatic nitrogens is 1. The molecule has 1 aromatic heterocycles. The maximum Gasteiger partial charge on any atom is 0.240 e. The lowest BCUT2D eigenvalue weighted by molar-refractivity contribution is 0.537. The summed E-state index contributed by atoms with van der Waals surface area (Å²) in [6.07, 6.45) is 4.20. The van der Waals surface area contributed by atoms with Gasteiger partial charge in [0.1, 0.15) is 0 Å². The number of fused-ring (bicyclic) bond motifs is 1. The number of halogens is 1. The second-order valence-electron chi connectivity index (χ2n) is 6.49. The van der Waals surface area contributed by atoms with E-state index >= 15 is 0 Å². The molecule has 0 bridgehead atoms. The van der Waals surface area contributed by atoms with Crippen molar-refractivity contribution in [1.82, 2.24) is 15.0 Å². The molecule has 0 aliphatic rings. The van der Waals surface area contributed by atoms with Crippen LogP contribution >= 0.6 is 11.6 Å². The topological polar surface area (TPSA) is 71.1 Å². The molecule has 2 N–H and O–H groups in total. The Hall–Kier alpha value is -1.99. The first-order valence-corrected chi connectivity index (χ1v) is 10.6. The Balaban J connectivity index is 1.53. The highest BCUT2D eigenvalue weighted by Crippen LogP contribution is 2.18. The van der Waals surface area contributed by atoms with E-state index in [2.05, 4.69) is 15.0 Å². The first-order chi connectivity index (χ1) is 12.9. The summed E-state index contributed by atoms with van der Waals surface area (Å²) in [7, 11) is -3.57. The van der Waals surface area contributed by atoms with Crippen molar-refractivity contribution in [3.63, 3.8) is 0 Å². The molecule has 0 spiro atoms. The minimum absolute atomic E-state index is 0.234. The number of hydrogen-bond donors (Lipinski definition) is 2. The molecule has 27 heavy (non-hydrogen) atoms. The van der Waals surface area contributed by atoms with E-state index in [1.165, 1.54) is 0 Å². The molecule has 0 fully saturated rings. The molecular weight excluding hydrogens is 382 g/mol. The number of hydrogen-bond acceptors (Lipinski definition) is 4. The van der Waals surface area contributed by atoms with Crippen molar-refractivity contribution in [2.75, 3.05) is 13.1 Å². The summed E-state index contributed by atoms with van der Waals surface area (Å²) in [6, 6.07) is 14.3. The average Bonchev–Trinajstić information content (AvgIpc) is 2.64. The van der Waals surface area contributed by atoms with E-state index in [0.717, 1.165) is 34.3 Å². The third kappa shape index (κ3) is 5.49. The molecule has 0 amide bonds. The van der Waals surface area contributed by atoms with Crippen molar-refractivity contribution >= 4 is 32.4 Å². The highest BCUT2D eigenvalue weighted by molar-refractivity contribution is 7.89. The maximum absolute atomic E-state index is 12.6. The molecule has 0 radical (unpaired) electrons. The second kappa shape index (κ2) is 8.80. The Kier molecular flexibility index (Phi) is 6.44. The molecule has 0 saturated heterocycles. The Morgan fingerprint density at radius 1 is 1.11 bits per heavy atom. The van der Waals surface area contributed by atoms with Gasteiger partial charge in [0.05, 0.1) is 4.90 Å². The third-order valence-corrected chi connectivity index (χ3v) is 6.03. The lowest BCUT2D eigenvalue weighted by Gasteiger charge is -2.15. The molecular formula is C20H22ClN3O2S. The van der Waals surface area contributed by atoms with Crippen LogP contribution in [-0.4, -0.2) is 32.5 Å². The van der Waals surface area contributed by atoms with Crippen LogP contribution in [-0.2, 0) is 16.4 Å². The van der Waals surface area contributed by atoms with E-state index in [1.807, 2.05) is 31.2 Å². The molecule has 3 rings (SSSR count). The van der Waals surface area contributed by atoms with Gasteiger partial charge in [0.25, 0.3) is 0 Å². The highest BCUT2D eigenvalue weighted by Gasteiger charge is 2.17. The molecule has 3 aromatic rings. The van der Waals surface area contributed by atoms with Crippen LogP contribution in [0.2, 0.25) is 5.02 Å². The van der Waals surface area contributed by atoms with Gasteiger partial charge in [-0.05, 0) is 61.2 Å². The Labute approximate surface area is 164 Å². The van der Waals surface area contributed by atoms with E-state index in [4.69, 9.17) is 11.6 Å². The first kappa shape index (κ1) is 19.8. The monoisotopic (exact) mass is 403 g/mol. The van der Waals surface area contributed by atoms with Crippen LogP contribution in [0.5, 0.6) is 0 Å². The maximum atomic E-state index is 12.6. The second-order valence-corrected chi connectivity index (χ2v) is 8.64. The Morgan fingerprint density at radius 3 is 2.78 bits per heavy atom. The SMILES string of the molecule is C[C@H](CNCCc1cccc(Cl)c1)NS(=O)(=O)c1ccc2cnccc2c1. The molecule has 142 valence electrons. The molecule has 7 heteroatoms. The van der Waals surface area contributed by atoms with Crippen molar-refractivity contribution in [3.8, 4) is 0 Å². The van der Waals surface area contributed by atoms with Gasteiger partial charge in [0, 0.05) is 35.4 Å². The third-order valence-electron chi connectivity index (χ3n) is 4.21. The summed E-state index contributed by atoms with van der Waals surface area (Å²) in [5, 5.41) is 5.76. The van der Waals surface area contributed by atoms with E-state index in [9.17, 15) is 8.42 Å². The van der Waals surface area contributed by atoms with Gasteiger partial charge in [0.15, 0.2) is 0 Å². The van der Waals surface area contributed by atoms with Crippen LogP contribution in [0.4, 0.5) is 0 Å². The van der Waals surface area contributed by atoms with Gasteiger partial charge >= 0.3 is 0 Å². The highest BCUT2D eigenvalue weighted by atomic mass is 35.5.